The third-order valence-electron chi connectivity index (χ3n) is 6.15. The minimum Gasteiger partial charge on any atom is -0.342 e. The van der Waals surface area contributed by atoms with Crippen molar-refractivity contribution in [1.82, 2.24) is 14.8 Å². The van der Waals surface area contributed by atoms with E-state index in [9.17, 15) is 9.18 Å². The second-order valence-electron chi connectivity index (χ2n) is 8.34. The van der Waals surface area contributed by atoms with Crippen LogP contribution in [-0.2, 0) is 11.2 Å². The van der Waals surface area contributed by atoms with Crippen LogP contribution in [0.25, 0.3) is 0 Å². The molecule has 2 fully saturated rings. The monoisotopic (exact) mass is 395 g/mol. The third kappa shape index (κ3) is 5.21. The van der Waals surface area contributed by atoms with Gasteiger partial charge in [0.25, 0.3) is 0 Å². The highest BCUT2D eigenvalue weighted by Crippen LogP contribution is 2.26. The maximum atomic E-state index is 14.0. The molecule has 1 amide bonds. The minimum absolute atomic E-state index is 0.181. The fraction of sp³-hybridized carbons (Fsp3) is 0.500. The first-order valence-corrected chi connectivity index (χ1v) is 10.9. The van der Waals surface area contributed by atoms with Crippen LogP contribution in [0.2, 0.25) is 0 Å². The van der Waals surface area contributed by atoms with Crippen molar-refractivity contribution in [1.29, 1.82) is 0 Å². The maximum absolute atomic E-state index is 14.0. The number of amides is 1. The third-order valence-corrected chi connectivity index (χ3v) is 6.15. The second kappa shape index (κ2) is 9.49. The summed E-state index contributed by atoms with van der Waals surface area (Å²) in [6.45, 7) is 4.19. The first-order valence-electron chi connectivity index (χ1n) is 10.9. The average molecular weight is 396 g/mol. The van der Waals surface area contributed by atoms with Crippen LogP contribution >= 0.6 is 0 Å². The van der Waals surface area contributed by atoms with Crippen molar-refractivity contribution in [2.24, 2.45) is 0 Å². The highest BCUT2D eigenvalue weighted by atomic mass is 19.1. The van der Waals surface area contributed by atoms with Crippen LogP contribution in [0.1, 0.15) is 55.0 Å². The fourth-order valence-corrected chi connectivity index (χ4v) is 4.54. The quantitative estimate of drug-likeness (QED) is 0.768. The SMILES string of the molecule is O=C(CN1CCC[C@@H](c2cccc(Cc3ccccc3F)n2)C1)N1CCCCC1. The second-order valence-corrected chi connectivity index (χ2v) is 8.34. The molecule has 2 saturated heterocycles. The molecule has 1 aromatic carbocycles. The summed E-state index contributed by atoms with van der Waals surface area (Å²) in [7, 11) is 0. The van der Waals surface area contributed by atoms with Gasteiger partial charge < -0.3 is 4.90 Å². The Morgan fingerprint density at radius 2 is 1.83 bits per heavy atom. The van der Waals surface area contributed by atoms with Crippen LogP contribution in [0, 0.1) is 5.82 Å². The summed E-state index contributed by atoms with van der Waals surface area (Å²) in [6, 6.07) is 13.0. The molecule has 3 heterocycles. The van der Waals surface area contributed by atoms with E-state index in [4.69, 9.17) is 4.98 Å². The van der Waals surface area contributed by atoms with E-state index >= 15 is 0 Å². The van der Waals surface area contributed by atoms with Gasteiger partial charge in [0.1, 0.15) is 5.82 Å². The Hall–Kier alpha value is -2.27. The molecule has 1 atom stereocenters. The molecule has 0 spiro atoms. The van der Waals surface area contributed by atoms with Gasteiger partial charge in [-0.2, -0.15) is 0 Å². The highest BCUT2D eigenvalue weighted by Gasteiger charge is 2.26. The smallest absolute Gasteiger partial charge is 0.236 e. The van der Waals surface area contributed by atoms with Gasteiger partial charge in [0.15, 0.2) is 0 Å². The lowest BCUT2D eigenvalue weighted by Crippen LogP contribution is -2.45. The zero-order valence-corrected chi connectivity index (χ0v) is 17.0. The van der Waals surface area contributed by atoms with E-state index in [1.165, 1.54) is 12.5 Å². The number of rotatable bonds is 5. The summed E-state index contributed by atoms with van der Waals surface area (Å²) in [5.74, 6) is 0.421. The molecule has 1 aromatic heterocycles. The number of hydrogen-bond acceptors (Lipinski definition) is 3. The largest absolute Gasteiger partial charge is 0.342 e. The average Bonchev–Trinajstić information content (AvgIpc) is 2.76. The number of piperidine rings is 2. The number of benzene rings is 1. The molecule has 0 radical (unpaired) electrons. The van der Waals surface area contributed by atoms with Gasteiger partial charge in [-0.15, -0.1) is 0 Å². The van der Waals surface area contributed by atoms with Gasteiger partial charge in [-0.1, -0.05) is 24.3 Å². The number of likely N-dealkylation sites (tertiary alicyclic amines) is 2. The molecule has 154 valence electrons. The Balaban J connectivity index is 1.39. The molecule has 4 nitrogen and oxygen atoms in total. The van der Waals surface area contributed by atoms with Crippen molar-refractivity contribution >= 4 is 5.91 Å². The Morgan fingerprint density at radius 1 is 1.00 bits per heavy atom. The van der Waals surface area contributed by atoms with E-state index in [-0.39, 0.29) is 11.7 Å². The van der Waals surface area contributed by atoms with Gasteiger partial charge >= 0.3 is 0 Å². The number of halogens is 1. The summed E-state index contributed by atoms with van der Waals surface area (Å²) in [5, 5.41) is 0. The van der Waals surface area contributed by atoms with E-state index in [1.807, 2.05) is 29.2 Å². The van der Waals surface area contributed by atoms with Crippen LogP contribution in [-0.4, -0.2) is 53.4 Å². The van der Waals surface area contributed by atoms with E-state index < -0.39 is 0 Å². The summed E-state index contributed by atoms with van der Waals surface area (Å²) < 4.78 is 14.0. The molecule has 0 bridgehead atoms. The molecular weight excluding hydrogens is 365 g/mol. The number of aromatic nitrogens is 1. The predicted molar refractivity (Wildman–Crippen MR) is 112 cm³/mol. The van der Waals surface area contributed by atoms with Crippen LogP contribution in [0.3, 0.4) is 0 Å². The first-order chi connectivity index (χ1) is 14.2. The van der Waals surface area contributed by atoms with Crippen molar-refractivity contribution in [3.8, 4) is 0 Å². The van der Waals surface area contributed by atoms with E-state index in [0.717, 1.165) is 63.3 Å². The summed E-state index contributed by atoms with van der Waals surface area (Å²) in [5.41, 5.74) is 2.64. The zero-order valence-electron chi connectivity index (χ0n) is 17.0. The zero-order chi connectivity index (χ0) is 20.1. The Kier molecular flexibility index (Phi) is 6.55. The van der Waals surface area contributed by atoms with Gasteiger partial charge in [0, 0.05) is 43.4 Å². The van der Waals surface area contributed by atoms with Crippen molar-refractivity contribution in [2.45, 2.75) is 44.4 Å². The molecule has 0 saturated carbocycles. The molecule has 5 heteroatoms. The van der Waals surface area contributed by atoms with Gasteiger partial charge in [-0.05, 0) is 62.4 Å². The van der Waals surface area contributed by atoms with Crippen molar-refractivity contribution < 1.29 is 9.18 Å². The molecule has 2 aliphatic rings. The number of carbonyl (C=O) groups is 1. The van der Waals surface area contributed by atoms with Crippen LogP contribution in [0.15, 0.2) is 42.5 Å². The van der Waals surface area contributed by atoms with Gasteiger partial charge in [0.2, 0.25) is 5.91 Å². The van der Waals surface area contributed by atoms with Crippen molar-refractivity contribution in [3.05, 3.63) is 65.2 Å². The molecule has 4 rings (SSSR count). The Morgan fingerprint density at radius 3 is 2.66 bits per heavy atom. The van der Waals surface area contributed by atoms with Gasteiger partial charge in [0.05, 0.1) is 6.54 Å². The molecule has 0 aliphatic carbocycles. The lowest BCUT2D eigenvalue weighted by atomic mass is 9.93. The molecule has 2 aliphatic heterocycles. The van der Waals surface area contributed by atoms with Gasteiger partial charge in [-0.3, -0.25) is 14.7 Å². The normalized spacial score (nSPS) is 20.6. The Bertz CT molecular complexity index is 834. The van der Waals surface area contributed by atoms with Crippen molar-refractivity contribution in [2.75, 3.05) is 32.7 Å². The van der Waals surface area contributed by atoms with Crippen LogP contribution in [0.4, 0.5) is 4.39 Å². The summed E-state index contributed by atoms with van der Waals surface area (Å²) in [4.78, 5) is 21.8. The molecular formula is C24H30FN3O. The number of carbonyl (C=O) groups excluding carboxylic acids is 1. The standard InChI is InChI=1S/C24H30FN3O/c25-22-11-3-2-8-19(22)16-21-10-6-12-23(26-21)20-9-7-13-27(17-20)18-24(29)28-14-4-1-5-15-28/h2-3,6,8,10-12,20H,1,4-5,7,9,13-18H2/t20-/m1/s1. The topological polar surface area (TPSA) is 36.4 Å². The van der Waals surface area contributed by atoms with E-state index in [0.29, 0.717) is 24.4 Å². The minimum atomic E-state index is -0.181. The highest BCUT2D eigenvalue weighted by molar-refractivity contribution is 5.78. The number of hydrogen-bond donors (Lipinski definition) is 0. The molecule has 2 aromatic rings. The maximum Gasteiger partial charge on any atom is 0.236 e. The van der Waals surface area contributed by atoms with Crippen molar-refractivity contribution in [3.63, 3.8) is 0 Å². The lowest BCUT2D eigenvalue weighted by Gasteiger charge is -2.34. The van der Waals surface area contributed by atoms with E-state index in [2.05, 4.69) is 11.0 Å². The van der Waals surface area contributed by atoms with E-state index in [1.54, 1.807) is 6.07 Å². The number of pyridine rings is 1. The number of nitrogens with zero attached hydrogens (tertiary/aromatic N) is 3. The molecule has 29 heavy (non-hydrogen) atoms. The lowest BCUT2D eigenvalue weighted by molar-refractivity contribution is -0.133. The first kappa shape index (κ1) is 20.0. The summed E-state index contributed by atoms with van der Waals surface area (Å²) >= 11 is 0. The van der Waals surface area contributed by atoms with Crippen LogP contribution < -0.4 is 0 Å². The fourth-order valence-electron chi connectivity index (χ4n) is 4.54. The predicted octanol–water partition coefficient (Wildman–Crippen LogP) is 4.00. The molecule has 0 unspecified atom stereocenters. The Labute approximate surface area is 172 Å². The van der Waals surface area contributed by atoms with Crippen LogP contribution in [0.5, 0.6) is 0 Å². The summed E-state index contributed by atoms with van der Waals surface area (Å²) in [6.07, 6.45) is 6.18. The molecule has 0 N–H and O–H groups in total. The van der Waals surface area contributed by atoms with Gasteiger partial charge in [-0.25, -0.2) is 4.39 Å².